The van der Waals surface area contributed by atoms with Gasteiger partial charge in [-0.2, -0.15) is 0 Å². The van der Waals surface area contributed by atoms with E-state index in [9.17, 15) is 4.79 Å². The Labute approximate surface area is 123 Å². The summed E-state index contributed by atoms with van der Waals surface area (Å²) in [5.74, 6) is 0.629. The molecule has 104 valence electrons. The third kappa shape index (κ3) is 2.76. The zero-order chi connectivity index (χ0) is 13.9. The summed E-state index contributed by atoms with van der Waals surface area (Å²) in [6, 6.07) is 10.3. The van der Waals surface area contributed by atoms with Crippen LogP contribution in [0.1, 0.15) is 15.2 Å². The largest absolute Gasteiger partial charge is 0.351 e. The van der Waals surface area contributed by atoms with Crippen molar-refractivity contribution < 1.29 is 4.79 Å². The molecule has 3 nitrogen and oxygen atoms in total. The lowest BCUT2D eigenvalue weighted by Crippen LogP contribution is -2.48. The quantitative estimate of drug-likeness (QED) is 0.907. The molecule has 1 saturated heterocycles. The number of nitrogens with one attached hydrogen (secondary N) is 2. The van der Waals surface area contributed by atoms with Gasteiger partial charge in [0.25, 0.3) is 5.91 Å². The molecule has 1 fully saturated rings. The fraction of sp³-hybridized carbons (Fsp3) is 0.312. The van der Waals surface area contributed by atoms with Crippen LogP contribution in [0.25, 0.3) is 11.1 Å². The Hall–Kier alpha value is -1.65. The first-order valence-corrected chi connectivity index (χ1v) is 7.75. The fourth-order valence-corrected chi connectivity index (χ4v) is 3.09. The highest BCUT2D eigenvalue weighted by molar-refractivity contribution is 7.12. The third-order valence-electron chi connectivity index (χ3n) is 3.65. The highest BCUT2D eigenvalue weighted by Crippen LogP contribution is 2.28. The van der Waals surface area contributed by atoms with Crippen LogP contribution in [0, 0.1) is 12.8 Å². The number of rotatable bonds is 4. The first-order valence-electron chi connectivity index (χ1n) is 6.87. The van der Waals surface area contributed by atoms with Crippen molar-refractivity contribution in [1.29, 1.82) is 0 Å². The Morgan fingerprint density at radius 3 is 2.70 bits per heavy atom. The normalized spacial score (nSPS) is 14.8. The van der Waals surface area contributed by atoms with E-state index in [2.05, 4.69) is 41.8 Å². The van der Waals surface area contributed by atoms with Crippen molar-refractivity contribution in [2.75, 3.05) is 19.6 Å². The zero-order valence-corrected chi connectivity index (χ0v) is 12.3. The molecule has 0 bridgehead atoms. The van der Waals surface area contributed by atoms with E-state index in [1.807, 2.05) is 11.4 Å². The molecular formula is C16H18N2OS. The van der Waals surface area contributed by atoms with Crippen LogP contribution in [0.4, 0.5) is 0 Å². The first kappa shape index (κ1) is 13.3. The van der Waals surface area contributed by atoms with Crippen molar-refractivity contribution >= 4 is 17.2 Å². The molecular weight excluding hydrogens is 268 g/mol. The van der Waals surface area contributed by atoms with Gasteiger partial charge in [-0.25, -0.2) is 0 Å². The van der Waals surface area contributed by atoms with E-state index < -0.39 is 0 Å². The topological polar surface area (TPSA) is 41.1 Å². The van der Waals surface area contributed by atoms with Gasteiger partial charge in [0.2, 0.25) is 0 Å². The molecule has 0 saturated carbocycles. The average Bonchev–Trinajstić information content (AvgIpc) is 2.87. The van der Waals surface area contributed by atoms with Crippen LogP contribution in [0.2, 0.25) is 0 Å². The van der Waals surface area contributed by atoms with Gasteiger partial charge in [0.15, 0.2) is 0 Å². The number of carbonyl (C=O) groups excluding carboxylic acids is 1. The minimum absolute atomic E-state index is 0.0440. The Kier molecular flexibility index (Phi) is 3.85. The maximum atomic E-state index is 12.3. The summed E-state index contributed by atoms with van der Waals surface area (Å²) in [4.78, 5) is 13.1. The molecule has 20 heavy (non-hydrogen) atoms. The zero-order valence-electron chi connectivity index (χ0n) is 11.5. The Bertz CT molecular complexity index is 599. The van der Waals surface area contributed by atoms with Gasteiger partial charge in [0, 0.05) is 31.1 Å². The van der Waals surface area contributed by atoms with E-state index in [0.29, 0.717) is 5.92 Å². The number of amides is 1. The molecule has 4 heteroatoms. The molecule has 1 aromatic carbocycles. The van der Waals surface area contributed by atoms with Crippen molar-refractivity contribution in [3.8, 4) is 11.1 Å². The van der Waals surface area contributed by atoms with Crippen molar-refractivity contribution in [2.24, 2.45) is 5.92 Å². The van der Waals surface area contributed by atoms with Gasteiger partial charge in [0.05, 0.1) is 4.88 Å². The van der Waals surface area contributed by atoms with Gasteiger partial charge in [-0.1, -0.05) is 29.8 Å². The van der Waals surface area contributed by atoms with Crippen LogP contribution < -0.4 is 10.6 Å². The maximum Gasteiger partial charge on any atom is 0.261 e. The number of thiophene rings is 1. The lowest BCUT2D eigenvalue weighted by Gasteiger charge is -2.27. The Morgan fingerprint density at radius 2 is 2.05 bits per heavy atom. The van der Waals surface area contributed by atoms with E-state index in [0.717, 1.165) is 35.6 Å². The van der Waals surface area contributed by atoms with Crippen molar-refractivity contribution in [3.63, 3.8) is 0 Å². The fourth-order valence-electron chi connectivity index (χ4n) is 2.26. The minimum atomic E-state index is 0.0440. The molecule has 0 aliphatic carbocycles. The number of aryl methyl sites for hydroxylation is 1. The molecule has 2 aromatic rings. The SMILES string of the molecule is Cc1ccc(-c2ccsc2C(=O)NCC2CNC2)cc1. The maximum absolute atomic E-state index is 12.3. The van der Waals surface area contributed by atoms with Crippen LogP contribution in [0.3, 0.4) is 0 Å². The van der Waals surface area contributed by atoms with Crippen LogP contribution in [0.15, 0.2) is 35.7 Å². The van der Waals surface area contributed by atoms with E-state index in [4.69, 9.17) is 0 Å². The monoisotopic (exact) mass is 286 g/mol. The van der Waals surface area contributed by atoms with Crippen LogP contribution in [-0.2, 0) is 0 Å². The van der Waals surface area contributed by atoms with Crippen molar-refractivity contribution in [3.05, 3.63) is 46.2 Å². The Balaban J connectivity index is 1.75. The smallest absolute Gasteiger partial charge is 0.261 e. The van der Waals surface area contributed by atoms with E-state index in [1.165, 1.54) is 16.9 Å². The number of benzene rings is 1. The molecule has 0 unspecified atom stereocenters. The second kappa shape index (κ2) is 5.77. The lowest BCUT2D eigenvalue weighted by atomic mass is 10.0. The summed E-state index contributed by atoms with van der Waals surface area (Å²) in [6.45, 7) is 4.85. The van der Waals surface area contributed by atoms with E-state index in [-0.39, 0.29) is 5.91 Å². The predicted molar refractivity (Wildman–Crippen MR) is 83.2 cm³/mol. The van der Waals surface area contributed by atoms with Crippen LogP contribution in [0.5, 0.6) is 0 Å². The van der Waals surface area contributed by atoms with Gasteiger partial charge < -0.3 is 10.6 Å². The van der Waals surface area contributed by atoms with Crippen molar-refractivity contribution in [2.45, 2.75) is 6.92 Å². The minimum Gasteiger partial charge on any atom is -0.351 e. The number of hydrogen-bond acceptors (Lipinski definition) is 3. The molecule has 0 atom stereocenters. The van der Waals surface area contributed by atoms with E-state index in [1.54, 1.807) is 0 Å². The molecule has 1 aliphatic heterocycles. The third-order valence-corrected chi connectivity index (χ3v) is 4.56. The van der Waals surface area contributed by atoms with Gasteiger partial charge >= 0.3 is 0 Å². The van der Waals surface area contributed by atoms with Gasteiger partial charge in [0.1, 0.15) is 0 Å². The molecule has 0 spiro atoms. The summed E-state index contributed by atoms with van der Waals surface area (Å²) in [6.07, 6.45) is 0. The van der Waals surface area contributed by atoms with Crippen LogP contribution >= 0.6 is 11.3 Å². The second-order valence-corrected chi connectivity index (χ2v) is 6.18. The average molecular weight is 286 g/mol. The summed E-state index contributed by atoms with van der Waals surface area (Å²) < 4.78 is 0. The molecule has 2 heterocycles. The van der Waals surface area contributed by atoms with Gasteiger partial charge in [-0.3, -0.25) is 4.79 Å². The van der Waals surface area contributed by atoms with Gasteiger partial charge in [-0.05, 0) is 23.9 Å². The number of carbonyl (C=O) groups is 1. The van der Waals surface area contributed by atoms with Gasteiger partial charge in [-0.15, -0.1) is 11.3 Å². The molecule has 1 amide bonds. The summed E-state index contributed by atoms with van der Waals surface area (Å²) in [7, 11) is 0. The molecule has 1 aromatic heterocycles. The highest BCUT2D eigenvalue weighted by Gasteiger charge is 2.19. The summed E-state index contributed by atoms with van der Waals surface area (Å²) in [5, 5.41) is 8.23. The summed E-state index contributed by atoms with van der Waals surface area (Å²) >= 11 is 1.51. The summed E-state index contributed by atoms with van der Waals surface area (Å²) in [5.41, 5.74) is 3.36. The lowest BCUT2D eigenvalue weighted by molar-refractivity contribution is 0.0947. The molecule has 0 radical (unpaired) electrons. The predicted octanol–water partition coefficient (Wildman–Crippen LogP) is 2.67. The molecule has 3 rings (SSSR count). The van der Waals surface area contributed by atoms with Crippen LogP contribution in [-0.4, -0.2) is 25.5 Å². The standard InChI is InChI=1S/C16H18N2OS/c1-11-2-4-13(5-3-11)14-6-7-20-15(14)16(19)18-10-12-8-17-9-12/h2-7,12,17H,8-10H2,1H3,(H,18,19). The first-order chi connectivity index (χ1) is 9.74. The molecule has 1 aliphatic rings. The molecule has 2 N–H and O–H groups in total. The Morgan fingerprint density at radius 1 is 1.30 bits per heavy atom. The van der Waals surface area contributed by atoms with Crippen molar-refractivity contribution in [1.82, 2.24) is 10.6 Å². The second-order valence-electron chi connectivity index (χ2n) is 5.26. The number of hydrogen-bond donors (Lipinski definition) is 2. The highest BCUT2D eigenvalue weighted by atomic mass is 32.1. The van der Waals surface area contributed by atoms with E-state index >= 15 is 0 Å².